The van der Waals surface area contributed by atoms with E-state index >= 15 is 0 Å². The second kappa shape index (κ2) is 4.38. The number of aromatic nitrogens is 1. The first-order chi connectivity index (χ1) is 8.78. The first-order valence-electron chi connectivity index (χ1n) is 5.89. The van der Waals surface area contributed by atoms with E-state index in [1.807, 2.05) is 24.3 Å². The molecule has 2 aromatic rings. The number of halogens is 1. The third-order valence-corrected chi connectivity index (χ3v) is 3.20. The quantitative estimate of drug-likeness (QED) is 0.838. The number of rotatable bonds is 1. The standard InChI is InChI=1S/C14H13FN2O/c15-10-6-14-12(17-8-10)5-9(7-16)11-3-1-2-4-13(11)18-14/h1-4,6,8-9H,5,7,16H2/t9-/m1/s1. The number of ether oxygens (including phenoxy) is 1. The minimum Gasteiger partial charge on any atom is -0.455 e. The number of fused-ring (bicyclic) bond motifs is 2. The van der Waals surface area contributed by atoms with Crippen molar-refractivity contribution in [3.05, 3.63) is 53.6 Å². The van der Waals surface area contributed by atoms with Gasteiger partial charge in [-0.25, -0.2) is 4.39 Å². The number of nitrogens with two attached hydrogens (primary N) is 1. The molecule has 1 aliphatic rings. The molecule has 92 valence electrons. The second-order valence-corrected chi connectivity index (χ2v) is 4.38. The minimum atomic E-state index is -0.391. The fraction of sp³-hybridized carbons (Fsp3) is 0.214. The van der Waals surface area contributed by atoms with Crippen LogP contribution in [0.5, 0.6) is 11.5 Å². The zero-order valence-electron chi connectivity index (χ0n) is 9.77. The Kier molecular flexibility index (Phi) is 2.72. The van der Waals surface area contributed by atoms with Crippen LogP contribution in [0.4, 0.5) is 4.39 Å². The maximum Gasteiger partial charge on any atom is 0.151 e. The molecule has 2 N–H and O–H groups in total. The summed E-state index contributed by atoms with van der Waals surface area (Å²) in [5, 5.41) is 0. The summed E-state index contributed by atoms with van der Waals surface area (Å²) in [7, 11) is 0. The van der Waals surface area contributed by atoms with E-state index in [1.165, 1.54) is 12.3 Å². The van der Waals surface area contributed by atoms with Crippen molar-refractivity contribution in [3.8, 4) is 11.5 Å². The molecule has 4 heteroatoms. The maximum atomic E-state index is 13.2. The van der Waals surface area contributed by atoms with Gasteiger partial charge in [-0.1, -0.05) is 18.2 Å². The Labute approximate surface area is 104 Å². The molecule has 3 nitrogen and oxygen atoms in total. The van der Waals surface area contributed by atoms with E-state index in [-0.39, 0.29) is 5.92 Å². The van der Waals surface area contributed by atoms with Gasteiger partial charge in [-0.15, -0.1) is 0 Å². The Morgan fingerprint density at radius 1 is 1.33 bits per heavy atom. The molecule has 0 amide bonds. The van der Waals surface area contributed by atoms with Crippen LogP contribution in [0.2, 0.25) is 0 Å². The lowest BCUT2D eigenvalue weighted by molar-refractivity contribution is 0.469. The van der Waals surface area contributed by atoms with Crippen molar-refractivity contribution < 1.29 is 9.13 Å². The van der Waals surface area contributed by atoms with Crippen molar-refractivity contribution in [2.45, 2.75) is 12.3 Å². The summed E-state index contributed by atoms with van der Waals surface area (Å²) in [6.45, 7) is 0.513. The van der Waals surface area contributed by atoms with Crippen LogP contribution in [-0.4, -0.2) is 11.5 Å². The van der Waals surface area contributed by atoms with Crippen LogP contribution in [-0.2, 0) is 6.42 Å². The molecule has 0 unspecified atom stereocenters. The van der Waals surface area contributed by atoms with Crippen molar-refractivity contribution >= 4 is 0 Å². The van der Waals surface area contributed by atoms with Gasteiger partial charge in [-0.05, 0) is 18.2 Å². The Morgan fingerprint density at radius 3 is 3.00 bits per heavy atom. The van der Waals surface area contributed by atoms with Crippen LogP contribution < -0.4 is 10.5 Å². The highest BCUT2D eigenvalue weighted by atomic mass is 19.1. The maximum absolute atomic E-state index is 13.2. The average Bonchev–Trinajstić information content (AvgIpc) is 2.54. The van der Waals surface area contributed by atoms with Gasteiger partial charge in [-0.2, -0.15) is 0 Å². The SMILES string of the molecule is NC[C@H]1Cc2ncc(F)cc2Oc2ccccc21. The average molecular weight is 244 g/mol. The molecular weight excluding hydrogens is 231 g/mol. The number of para-hydroxylation sites is 1. The number of hydrogen-bond donors (Lipinski definition) is 1. The van der Waals surface area contributed by atoms with Crippen LogP contribution in [0.3, 0.4) is 0 Å². The lowest BCUT2D eigenvalue weighted by Gasteiger charge is -2.13. The number of pyridine rings is 1. The molecule has 0 saturated carbocycles. The first kappa shape index (κ1) is 11.2. The molecule has 0 fully saturated rings. The molecule has 0 aliphatic carbocycles. The van der Waals surface area contributed by atoms with Gasteiger partial charge in [-0.3, -0.25) is 4.98 Å². The van der Waals surface area contributed by atoms with E-state index in [9.17, 15) is 4.39 Å². The smallest absolute Gasteiger partial charge is 0.151 e. The Bertz CT molecular complexity index is 586. The van der Waals surface area contributed by atoms with Crippen LogP contribution >= 0.6 is 0 Å². The Hall–Kier alpha value is -1.94. The summed E-state index contributed by atoms with van der Waals surface area (Å²) in [6, 6.07) is 9.09. The molecule has 18 heavy (non-hydrogen) atoms. The molecule has 1 aromatic carbocycles. The zero-order valence-corrected chi connectivity index (χ0v) is 9.77. The number of hydrogen-bond acceptors (Lipinski definition) is 3. The molecule has 0 bridgehead atoms. The summed E-state index contributed by atoms with van der Waals surface area (Å²) < 4.78 is 19.0. The van der Waals surface area contributed by atoms with E-state index in [0.717, 1.165) is 17.0 Å². The summed E-state index contributed by atoms with van der Waals surface area (Å²) in [5.74, 6) is 0.982. The third-order valence-electron chi connectivity index (χ3n) is 3.20. The summed E-state index contributed by atoms with van der Waals surface area (Å²) >= 11 is 0. The van der Waals surface area contributed by atoms with Crippen LogP contribution in [0, 0.1) is 5.82 Å². The molecule has 2 heterocycles. The monoisotopic (exact) mass is 244 g/mol. The van der Waals surface area contributed by atoms with Crippen molar-refractivity contribution in [1.29, 1.82) is 0 Å². The van der Waals surface area contributed by atoms with Gasteiger partial charge in [0.2, 0.25) is 0 Å². The molecule has 0 saturated heterocycles. The molecule has 0 radical (unpaired) electrons. The lowest BCUT2D eigenvalue weighted by Crippen LogP contribution is -2.14. The van der Waals surface area contributed by atoms with Gasteiger partial charge in [0, 0.05) is 18.4 Å². The minimum absolute atomic E-state index is 0.153. The largest absolute Gasteiger partial charge is 0.455 e. The van der Waals surface area contributed by atoms with Gasteiger partial charge in [0.05, 0.1) is 11.9 Å². The highest BCUT2D eigenvalue weighted by Crippen LogP contribution is 2.38. The van der Waals surface area contributed by atoms with Crippen molar-refractivity contribution in [2.75, 3.05) is 6.54 Å². The van der Waals surface area contributed by atoms with E-state index in [0.29, 0.717) is 18.7 Å². The van der Waals surface area contributed by atoms with Gasteiger partial charge < -0.3 is 10.5 Å². The third kappa shape index (κ3) is 1.84. The predicted octanol–water partition coefficient (Wildman–Crippen LogP) is 2.61. The predicted molar refractivity (Wildman–Crippen MR) is 66.2 cm³/mol. The molecule has 3 rings (SSSR count). The van der Waals surface area contributed by atoms with Gasteiger partial charge >= 0.3 is 0 Å². The van der Waals surface area contributed by atoms with Gasteiger partial charge in [0.15, 0.2) is 5.75 Å². The second-order valence-electron chi connectivity index (χ2n) is 4.38. The Balaban J connectivity index is 2.13. The van der Waals surface area contributed by atoms with Crippen molar-refractivity contribution in [3.63, 3.8) is 0 Å². The molecular formula is C14H13FN2O. The van der Waals surface area contributed by atoms with E-state index in [2.05, 4.69) is 4.98 Å². The van der Waals surface area contributed by atoms with E-state index in [4.69, 9.17) is 10.5 Å². The summed E-state index contributed by atoms with van der Waals surface area (Å²) in [5.41, 5.74) is 7.62. The normalized spacial score (nSPS) is 17.3. The van der Waals surface area contributed by atoms with Gasteiger partial charge in [0.25, 0.3) is 0 Å². The zero-order chi connectivity index (χ0) is 12.5. The Morgan fingerprint density at radius 2 is 2.17 bits per heavy atom. The molecule has 1 aliphatic heterocycles. The first-order valence-corrected chi connectivity index (χ1v) is 5.89. The fourth-order valence-corrected chi connectivity index (χ4v) is 2.27. The van der Waals surface area contributed by atoms with E-state index in [1.54, 1.807) is 0 Å². The highest BCUT2D eigenvalue weighted by Gasteiger charge is 2.23. The highest BCUT2D eigenvalue weighted by molar-refractivity contribution is 5.45. The molecule has 1 atom stereocenters. The lowest BCUT2D eigenvalue weighted by atomic mass is 9.94. The van der Waals surface area contributed by atoms with E-state index < -0.39 is 5.82 Å². The van der Waals surface area contributed by atoms with Crippen molar-refractivity contribution in [2.24, 2.45) is 5.73 Å². The number of nitrogens with zero attached hydrogens (tertiary/aromatic N) is 1. The van der Waals surface area contributed by atoms with Crippen molar-refractivity contribution in [1.82, 2.24) is 4.98 Å². The summed E-state index contributed by atoms with van der Waals surface area (Å²) in [6.07, 6.45) is 1.88. The molecule has 0 spiro atoms. The topological polar surface area (TPSA) is 48.1 Å². The summed E-state index contributed by atoms with van der Waals surface area (Å²) in [4.78, 5) is 4.10. The van der Waals surface area contributed by atoms with Crippen LogP contribution in [0.25, 0.3) is 0 Å². The number of benzene rings is 1. The molecule has 1 aromatic heterocycles. The van der Waals surface area contributed by atoms with Crippen LogP contribution in [0.15, 0.2) is 36.5 Å². The fourth-order valence-electron chi connectivity index (χ4n) is 2.27. The van der Waals surface area contributed by atoms with Crippen LogP contribution in [0.1, 0.15) is 17.2 Å². The van der Waals surface area contributed by atoms with Gasteiger partial charge in [0.1, 0.15) is 11.6 Å².